The Hall–Kier alpha value is -3.61. The van der Waals surface area contributed by atoms with Crippen LogP contribution in [0, 0.1) is 11.3 Å². The summed E-state index contributed by atoms with van der Waals surface area (Å²) in [5.41, 5.74) is 3.59. The second kappa shape index (κ2) is 9.21. The molecule has 0 bridgehead atoms. The van der Waals surface area contributed by atoms with Crippen molar-refractivity contribution in [2.24, 2.45) is 11.3 Å². The second-order valence-electron chi connectivity index (χ2n) is 9.87. The lowest BCUT2D eigenvalue weighted by molar-refractivity contribution is -0.149. The quantitative estimate of drug-likeness (QED) is 0.587. The first-order chi connectivity index (χ1) is 16.9. The Bertz CT molecular complexity index is 1130. The molecule has 0 aromatic heterocycles. The van der Waals surface area contributed by atoms with Gasteiger partial charge in [-0.25, -0.2) is 4.79 Å². The Morgan fingerprint density at radius 3 is 2.37 bits per heavy atom. The highest BCUT2D eigenvalue weighted by Crippen LogP contribution is 2.49. The van der Waals surface area contributed by atoms with Crippen LogP contribution in [-0.4, -0.2) is 53.7 Å². The third-order valence-corrected chi connectivity index (χ3v) is 7.88. The molecule has 2 N–H and O–H groups in total. The Kier molecular flexibility index (Phi) is 6.09. The first-order valence-electron chi connectivity index (χ1n) is 12.2. The third kappa shape index (κ3) is 4.09. The van der Waals surface area contributed by atoms with Gasteiger partial charge in [0.2, 0.25) is 5.91 Å². The van der Waals surface area contributed by atoms with Crippen LogP contribution in [0.25, 0.3) is 11.1 Å². The first kappa shape index (κ1) is 23.1. The molecule has 7 heteroatoms. The number of nitrogens with one attached hydrogen (secondary N) is 1. The second-order valence-corrected chi connectivity index (χ2v) is 9.87. The van der Waals surface area contributed by atoms with Crippen molar-refractivity contribution in [3.05, 3.63) is 72.3 Å². The zero-order valence-corrected chi connectivity index (χ0v) is 19.6. The number of carboxylic acids is 1. The van der Waals surface area contributed by atoms with Gasteiger partial charge in [0.25, 0.3) is 0 Å². The van der Waals surface area contributed by atoms with Crippen LogP contribution in [0.3, 0.4) is 0 Å². The van der Waals surface area contributed by atoms with Gasteiger partial charge in [-0.3, -0.25) is 9.59 Å². The van der Waals surface area contributed by atoms with E-state index in [1.165, 1.54) is 0 Å². The van der Waals surface area contributed by atoms with Crippen LogP contribution in [0.1, 0.15) is 42.7 Å². The Labute approximate surface area is 204 Å². The zero-order valence-electron chi connectivity index (χ0n) is 19.6. The fraction of sp³-hybridized carbons (Fsp3) is 0.393. The number of likely N-dealkylation sites (tertiary alicyclic amines) is 1. The van der Waals surface area contributed by atoms with Crippen LogP contribution in [0.2, 0.25) is 0 Å². The summed E-state index contributed by atoms with van der Waals surface area (Å²) in [7, 11) is 0. The number of rotatable bonds is 7. The number of allylic oxidation sites excluding steroid dienone is 1. The number of carboxylic acid groups (broad SMARTS) is 1. The van der Waals surface area contributed by atoms with Crippen molar-refractivity contribution in [3.8, 4) is 11.1 Å². The summed E-state index contributed by atoms with van der Waals surface area (Å²) in [6.45, 7) is 4.45. The lowest BCUT2D eigenvalue weighted by Gasteiger charge is -2.24. The lowest BCUT2D eigenvalue weighted by atomic mass is 9.81. The van der Waals surface area contributed by atoms with E-state index in [9.17, 15) is 19.5 Å². The van der Waals surface area contributed by atoms with E-state index < -0.39 is 17.5 Å². The van der Waals surface area contributed by atoms with Crippen LogP contribution in [0.15, 0.2) is 61.2 Å². The van der Waals surface area contributed by atoms with Gasteiger partial charge in [-0.05, 0) is 47.4 Å². The molecule has 35 heavy (non-hydrogen) atoms. The number of carbonyl (C=O) groups is 3. The minimum Gasteiger partial charge on any atom is -0.481 e. The van der Waals surface area contributed by atoms with Gasteiger partial charge in [-0.2, -0.15) is 0 Å². The summed E-state index contributed by atoms with van der Waals surface area (Å²) in [4.78, 5) is 39.1. The predicted molar refractivity (Wildman–Crippen MR) is 131 cm³/mol. The van der Waals surface area contributed by atoms with Crippen molar-refractivity contribution in [1.82, 2.24) is 10.2 Å². The van der Waals surface area contributed by atoms with E-state index in [1.807, 2.05) is 24.3 Å². The zero-order chi connectivity index (χ0) is 24.6. The van der Waals surface area contributed by atoms with Crippen molar-refractivity contribution in [1.29, 1.82) is 0 Å². The van der Waals surface area contributed by atoms with Crippen molar-refractivity contribution in [2.75, 3.05) is 19.7 Å². The predicted octanol–water partition coefficient (Wildman–Crippen LogP) is 4.18. The Balaban J connectivity index is 1.20. The molecule has 1 saturated carbocycles. The number of ether oxygens (including phenoxy) is 1. The average Bonchev–Trinajstić information content (AvgIpc) is 3.49. The van der Waals surface area contributed by atoms with Crippen molar-refractivity contribution in [2.45, 2.75) is 37.6 Å². The van der Waals surface area contributed by atoms with Gasteiger partial charge in [0.15, 0.2) is 0 Å². The molecule has 2 fully saturated rings. The normalized spacial score (nSPS) is 24.4. The summed E-state index contributed by atoms with van der Waals surface area (Å²) >= 11 is 0. The van der Waals surface area contributed by atoms with Crippen LogP contribution < -0.4 is 5.32 Å². The van der Waals surface area contributed by atoms with E-state index in [0.717, 1.165) is 22.3 Å². The van der Waals surface area contributed by atoms with E-state index in [4.69, 9.17) is 4.74 Å². The number of fused-ring (bicyclic) bond motifs is 4. The van der Waals surface area contributed by atoms with Gasteiger partial charge < -0.3 is 20.1 Å². The topological polar surface area (TPSA) is 95.9 Å². The van der Waals surface area contributed by atoms with E-state index in [1.54, 1.807) is 11.0 Å². The SMILES string of the molecule is C=CCCC(=O)N1CC2CC(NC(=O)OCC3c4ccccc4-c4ccccc43)CC2(C(=O)O)C1. The van der Waals surface area contributed by atoms with Crippen LogP contribution in [0.5, 0.6) is 0 Å². The maximum atomic E-state index is 12.7. The summed E-state index contributed by atoms with van der Waals surface area (Å²) in [5, 5.41) is 12.9. The number of aliphatic carboxylic acids is 1. The van der Waals surface area contributed by atoms with Crippen molar-refractivity contribution >= 4 is 18.0 Å². The van der Waals surface area contributed by atoms with E-state index in [-0.39, 0.29) is 36.9 Å². The summed E-state index contributed by atoms with van der Waals surface area (Å²) in [5.74, 6) is -1.16. The van der Waals surface area contributed by atoms with Crippen LogP contribution in [-0.2, 0) is 14.3 Å². The first-order valence-corrected chi connectivity index (χ1v) is 12.2. The molecule has 2 amide bonds. The third-order valence-electron chi connectivity index (χ3n) is 7.88. The number of nitrogens with zero attached hydrogens (tertiary/aromatic N) is 1. The minimum atomic E-state index is -1.02. The van der Waals surface area contributed by atoms with Gasteiger partial charge in [0.05, 0.1) is 5.41 Å². The highest BCUT2D eigenvalue weighted by atomic mass is 16.5. The number of hydrogen-bond acceptors (Lipinski definition) is 4. The molecule has 3 aliphatic rings. The summed E-state index contributed by atoms with van der Waals surface area (Å²) in [6, 6.07) is 16.0. The van der Waals surface area contributed by atoms with Crippen LogP contribution >= 0.6 is 0 Å². The van der Waals surface area contributed by atoms with Gasteiger partial charge in [0, 0.05) is 31.5 Å². The Morgan fingerprint density at radius 2 is 1.77 bits per heavy atom. The molecule has 3 atom stereocenters. The molecule has 1 saturated heterocycles. The molecule has 0 spiro atoms. The Morgan fingerprint density at radius 1 is 1.11 bits per heavy atom. The molecular formula is C28H30N2O5. The summed E-state index contributed by atoms with van der Waals surface area (Å²) in [6.07, 6.45) is 2.89. The van der Waals surface area contributed by atoms with E-state index in [2.05, 4.69) is 36.2 Å². The summed E-state index contributed by atoms with van der Waals surface area (Å²) < 4.78 is 5.65. The number of alkyl carbamates (subject to hydrolysis) is 1. The van der Waals surface area contributed by atoms with E-state index >= 15 is 0 Å². The van der Waals surface area contributed by atoms with Crippen LogP contribution in [0.4, 0.5) is 4.79 Å². The van der Waals surface area contributed by atoms with Gasteiger partial charge in [-0.15, -0.1) is 6.58 Å². The number of amides is 2. The molecule has 7 nitrogen and oxygen atoms in total. The highest BCUT2D eigenvalue weighted by Gasteiger charge is 2.59. The monoisotopic (exact) mass is 474 g/mol. The number of carbonyl (C=O) groups excluding carboxylic acids is 2. The molecule has 5 rings (SSSR count). The number of benzene rings is 2. The van der Waals surface area contributed by atoms with Crippen molar-refractivity contribution in [3.63, 3.8) is 0 Å². The largest absolute Gasteiger partial charge is 0.481 e. The van der Waals surface area contributed by atoms with Gasteiger partial charge in [-0.1, -0.05) is 54.6 Å². The maximum absolute atomic E-state index is 12.7. The fourth-order valence-electron chi connectivity index (χ4n) is 6.19. The van der Waals surface area contributed by atoms with E-state index in [0.29, 0.717) is 32.2 Å². The molecule has 2 aliphatic carbocycles. The molecule has 1 heterocycles. The standard InChI is InChI=1S/C28H30N2O5/c1-2-3-12-25(31)30-15-18-13-19(14-28(18,17-30)26(32)33)29-27(34)35-16-24-22-10-6-4-8-20(22)21-9-5-7-11-23(21)24/h2,4-11,18-19,24H,1,3,12-17H2,(H,29,34)(H,32,33). The smallest absolute Gasteiger partial charge is 0.407 e. The van der Waals surface area contributed by atoms with Gasteiger partial charge in [0.1, 0.15) is 6.61 Å². The lowest BCUT2D eigenvalue weighted by Crippen LogP contribution is -2.41. The number of hydrogen-bond donors (Lipinski definition) is 2. The molecular weight excluding hydrogens is 444 g/mol. The molecule has 1 aliphatic heterocycles. The average molecular weight is 475 g/mol. The maximum Gasteiger partial charge on any atom is 0.407 e. The van der Waals surface area contributed by atoms with Gasteiger partial charge >= 0.3 is 12.1 Å². The minimum absolute atomic E-state index is 0.0309. The molecule has 3 unspecified atom stereocenters. The fourth-order valence-corrected chi connectivity index (χ4v) is 6.19. The molecule has 2 aromatic carbocycles. The molecule has 2 aromatic rings. The molecule has 182 valence electrons. The molecule has 0 radical (unpaired) electrons. The van der Waals surface area contributed by atoms with Crippen molar-refractivity contribution < 1.29 is 24.2 Å². The highest BCUT2D eigenvalue weighted by molar-refractivity contribution is 5.82.